The summed E-state index contributed by atoms with van der Waals surface area (Å²) in [5.41, 5.74) is -5.77. The fourth-order valence-corrected chi connectivity index (χ4v) is 1.98. The lowest BCUT2D eigenvalue weighted by Gasteiger charge is -2.38. The Morgan fingerprint density at radius 1 is 0.727 bits per heavy atom. The van der Waals surface area contributed by atoms with Gasteiger partial charge in [-0.2, -0.15) is 26.3 Å². The quantitative estimate of drug-likeness (QED) is 0.842. The van der Waals surface area contributed by atoms with Crippen molar-refractivity contribution < 1.29 is 26.3 Å². The SMILES string of the molecule is FC(F)(F)C(Nc1ccccc1)(c1ccccn1)C(F)(F)F. The van der Waals surface area contributed by atoms with Crippen molar-refractivity contribution in [2.75, 3.05) is 5.32 Å². The highest BCUT2D eigenvalue weighted by molar-refractivity contribution is 5.48. The molecule has 2 nitrogen and oxygen atoms in total. The molecule has 0 aliphatic heterocycles. The Labute approximate surface area is 121 Å². The van der Waals surface area contributed by atoms with Gasteiger partial charge < -0.3 is 5.32 Å². The summed E-state index contributed by atoms with van der Waals surface area (Å²) >= 11 is 0. The second-order valence-electron chi connectivity index (χ2n) is 4.45. The van der Waals surface area contributed by atoms with E-state index < -0.39 is 23.6 Å². The van der Waals surface area contributed by atoms with Crippen molar-refractivity contribution in [1.82, 2.24) is 4.98 Å². The Hall–Kier alpha value is -2.25. The number of aromatic nitrogens is 1. The summed E-state index contributed by atoms with van der Waals surface area (Å²) in [4.78, 5) is 3.28. The second-order valence-corrected chi connectivity index (χ2v) is 4.45. The number of nitrogens with zero attached hydrogens (tertiary/aromatic N) is 1. The molecule has 2 aromatic rings. The summed E-state index contributed by atoms with van der Waals surface area (Å²) in [7, 11) is 0. The van der Waals surface area contributed by atoms with Gasteiger partial charge in [-0.3, -0.25) is 4.98 Å². The van der Waals surface area contributed by atoms with Gasteiger partial charge in [0, 0.05) is 11.9 Å². The van der Waals surface area contributed by atoms with Crippen molar-refractivity contribution in [2.45, 2.75) is 17.9 Å². The van der Waals surface area contributed by atoms with E-state index in [0.717, 1.165) is 24.4 Å². The zero-order valence-electron chi connectivity index (χ0n) is 10.9. The first-order valence-electron chi connectivity index (χ1n) is 6.07. The minimum absolute atomic E-state index is 0.317. The van der Waals surface area contributed by atoms with E-state index in [9.17, 15) is 26.3 Å². The topological polar surface area (TPSA) is 24.9 Å². The largest absolute Gasteiger partial charge is 0.426 e. The zero-order valence-corrected chi connectivity index (χ0v) is 10.9. The van der Waals surface area contributed by atoms with Crippen LogP contribution >= 0.6 is 0 Å². The summed E-state index contributed by atoms with van der Waals surface area (Å²) in [6.45, 7) is 0. The van der Waals surface area contributed by atoms with Crippen LogP contribution in [0, 0.1) is 0 Å². The lowest BCUT2D eigenvalue weighted by Crippen LogP contribution is -2.59. The molecule has 0 radical (unpaired) electrons. The molecule has 22 heavy (non-hydrogen) atoms. The molecule has 0 aliphatic rings. The predicted molar refractivity (Wildman–Crippen MR) is 68.1 cm³/mol. The van der Waals surface area contributed by atoms with Crippen LogP contribution in [0.15, 0.2) is 54.7 Å². The van der Waals surface area contributed by atoms with Gasteiger partial charge in [-0.15, -0.1) is 0 Å². The lowest BCUT2D eigenvalue weighted by molar-refractivity contribution is -0.294. The second kappa shape index (κ2) is 5.51. The Balaban J connectivity index is 2.67. The number of anilines is 1. The van der Waals surface area contributed by atoms with E-state index in [1.807, 2.05) is 0 Å². The van der Waals surface area contributed by atoms with Crippen LogP contribution in [0.1, 0.15) is 5.69 Å². The van der Waals surface area contributed by atoms with Gasteiger partial charge >= 0.3 is 12.4 Å². The molecule has 1 heterocycles. The van der Waals surface area contributed by atoms with Crippen LogP contribution in [0.25, 0.3) is 0 Å². The summed E-state index contributed by atoms with van der Waals surface area (Å²) in [5, 5.41) is 1.58. The van der Waals surface area contributed by atoms with Crippen LogP contribution in [0.3, 0.4) is 0 Å². The molecule has 0 spiro atoms. The van der Waals surface area contributed by atoms with Gasteiger partial charge in [0.25, 0.3) is 5.54 Å². The summed E-state index contributed by atoms with van der Waals surface area (Å²) in [6, 6.07) is 9.39. The van der Waals surface area contributed by atoms with Crippen molar-refractivity contribution in [1.29, 1.82) is 0 Å². The number of benzene rings is 1. The molecular formula is C14H10F6N2. The summed E-state index contributed by atoms with van der Waals surface area (Å²) < 4.78 is 80.5. The fraction of sp³-hybridized carbons (Fsp3) is 0.214. The van der Waals surface area contributed by atoms with Crippen LogP contribution < -0.4 is 5.32 Å². The molecule has 0 aliphatic carbocycles. The molecule has 2 rings (SSSR count). The first-order chi connectivity index (χ1) is 10.2. The molecule has 1 N–H and O–H groups in total. The van der Waals surface area contributed by atoms with Gasteiger partial charge in [0.05, 0.1) is 5.69 Å². The Morgan fingerprint density at radius 2 is 1.27 bits per heavy atom. The first kappa shape index (κ1) is 16.1. The maximum atomic E-state index is 13.4. The van der Waals surface area contributed by atoms with E-state index in [4.69, 9.17) is 0 Å². The zero-order chi connectivity index (χ0) is 16.4. The number of halogens is 6. The van der Waals surface area contributed by atoms with Gasteiger partial charge in [0.15, 0.2) is 0 Å². The number of hydrogen-bond donors (Lipinski definition) is 1. The van der Waals surface area contributed by atoms with E-state index in [1.54, 1.807) is 5.32 Å². The van der Waals surface area contributed by atoms with Crippen molar-refractivity contribution in [3.63, 3.8) is 0 Å². The third-order valence-corrected chi connectivity index (χ3v) is 3.01. The monoisotopic (exact) mass is 320 g/mol. The number of rotatable bonds is 3. The maximum absolute atomic E-state index is 13.4. The third-order valence-electron chi connectivity index (χ3n) is 3.01. The Bertz CT molecular complexity index is 593. The van der Waals surface area contributed by atoms with E-state index in [2.05, 4.69) is 4.98 Å². The standard InChI is InChI=1S/C14H10F6N2/c15-13(16,17)12(14(18,19)20,11-8-4-5-9-21-11)22-10-6-2-1-3-7-10/h1-9,22H. The molecule has 0 atom stereocenters. The van der Waals surface area contributed by atoms with Crippen molar-refractivity contribution in [2.24, 2.45) is 0 Å². The normalized spacial score (nSPS) is 13.0. The van der Waals surface area contributed by atoms with Crippen molar-refractivity contribution in [3.8, 4) is 0 Å². The molecule has 0 bridgehead atoms. The minimum atomic E-state index is -5.64. The van der Waals surface area contributed by atoms with Gasteiger partial charge in [0.1, 0.15) is 0 Å². The summed E-state index contributed by atoms with van der Waals surface area (Å²) in [6.07, 6.45) is -10.4. The van der Waals surface area contributed by atoms with Crippen LogP contribution in [0.4, 0.5) is 32.0 Å². The summed E-state index contributed by atoms with van der Waals surface area (Å²) in [5.74, 6) is 0. The van der Waals surface area contributed by atoms with Crippen molar-refractivity contribution >= 4 is 5.69 Å². The molecule has 0 saturated carbocycles. The Morgan fingerprint density at radius 3 is 1.73 bits per heavy atom. The van der Waals surface area contributed by atoms with Crippen LogP contribution in [0.5, 0.6) is 0 Å². The van der Waals surface area contributed by atoms with Gasteiger partial charge in [-0.05, 0) is 24.3 Å². The molecule has 1 aromatic carbocycles. The molecule has 8 heteroatoms. The molecule has 0 unspecified atom stereocenters. The highest BCUT2D eigenvalue weighted by Gasteiger charge is 2.73. The fourth-order valence-electron chi connectivity index (χ4n) is 1.98. The highest BCUT2D eigenvalue weighted by Crippen LogP contribution is 2.51. The number of pyridine rings is 1. The smallest absolute Gasteiger partial charge is 0.359 e. The first-order valence-corrected chi connectivity index (χ1v) is 6.07. The third kappa shape index (κ3) is 2.72. The van der Waals surface area contributed by atoms with E-state index in [0.29, 0.717) is 6.07 Å². The minimum Gasteiger partial charge on any atom is -0.359 e. The van der Waals surface area contributed by atoms with Crippen molar-refractivity contribution in [3.05, 3.63) is 60.4 Å². The van der Waals surface area contributed by atoms with E-state index in [-0.39, 0.29) is 5.69 Å². The molecule has 118 valence electrons. The van der Waals surface area contributed by atoms with Gasteiger partial charge in [-0.25, -0.2) is 0 Å². The van der Waals surface area contributed by atoms with Crippen LogP contribution in [-0.4, -0.2) is 17.3 Å². The average molecular weight is 320 g/mol. The average Bonchev–Trinajstić information content (AvgIpc) is 2.44. The molecule has 0 fully saturated rings. The lowest BCUT2D eigenvalue weighted by atomic mass is 9.92. The van der Waals surface area contributed by atoms with E-state index in [1.165, 1.54) is 24.3 Å². The molecule has 0 saturated heterocycles. The number of alkyl halides is 6. The molecule has 0 amide bonds. The number of nitrogens with one attached hydrogen (secondary N) is 1. The van der Waals surface area contributed by atoms with E-state index >= 15 is 0 Å². The van der Waals surface area contributed by atoms with Crippen LogP contribution in [0.2, 0.25) is 0 Å². The number of hydrogen-bond acceptors (Lipinski definition) is 2. The maximum Gasteiger partial charge on any atom is 0.426 e. The van der Waals surface area contributed by atoms with Crippen LogP contribution in [-0.2, 0) is 5.54 Å². The molecule has 1 aromatic heterocycles. The van der Waals surface area contributed by atoms with Gasteiger partial charge in [0.2, 0.25) is 0 Å². The predicted octanol–water partition coefficient (Wildman–Crippen LogP) is 4.51. The molecular weight excluding hydrogens is 310 g/mol. The van der Waals surface area contributed by atoms with Gasteiger partial charge in [-0.1, -0.05) is 24.3 Å². The highest BCUT2D eigenvalue weighted by atomic mass is 19.4. The Kier molecular flexibility index (Phi) is 4.04. The number of para-hydroxylation sites is 1.